The number of aliphatic hydroxyl groups is 1. The van der Waals surface area contributed by atoms with Gasteiger partial charge >= 0.3 is 5.51 Å². The molecule has 2 nitrogen and oxygen atoms in total. The van der Waals surface area contributed by atoms with Crippen molar-refractivity contribution in [1.82, 2.24) is 5.32 Å². The monoisotopic (exact) mass is 279 g/mol. The number of nitrogens with one attached hydrogen (secondary N) is 1. The number of hydrogen-bond donors (Lipinski definition) is 2. The Labute approximate surface area is 109 Å². The summed E-state index contributed by atoms with van der Waals surface area (Å²) in [7, 11) is 0. The van der Waals surface area contributed by atoms with Gasteiger partial charge in [0.15, 0.2) is 0 Å². The second kappa shape index (κ2) is 7.01. The summed E-state index contributed by atoms with van der Waals surface area (Å²) >= 11 is -0.119. The smallest absolute Gasteiger partial charge is 0.392 e. The van der Waals surface area contributed by atoms with Crippen molar-refractivity contribution >= 4 is 11.8 Å². The normalized spacial score (nSPS) is 13.6. The second-order valence-electron chi connectivity index (χ2n) is 3.88. The summed E-state index contributed by atoms with van der Waals surface area (Å²) < 4.78 is 36.3. The first kappa shape index (κ1) is 15.3. The molecule has 0 saturated heterocycles. The lowest BCUT2D eigenvalue weighted by Crippen LogP contribution is -2.25. The zero-order valence-corrected chi connectivity index (χ0v) is 10.8. The highest BCUT2D eigenvalue weighted by atomic mass is 32.2. The van der Waals surface area contributed by atoms with Crippen molar-refractivity contribution in [3.63, 3.8) is 0 Å². The summed E-state index contributed by atoms with van der Waals surface area (Å²) in [5.74, 6) is 0. The average Bonchev–Trinajstić information content (AvgIpc) is 2.29. The van der Waals surface area contributed by atoms with E-state index in [0.29, 0.717) is 19.5 Å². The Bertz CT molecular complexity index is 353. The topological polar surface area (TPSA) is 32.3 Å². The van der Waals surface area contributed by atoms with E-state index in [2.05, 4.69) is 5.32 Å². The summed E-state index contributed by atoms with van der Waals surface area (Å²) in [6.45, 7) is 2.90. The van der Waals surface area contributed by atoms with Gasteiger partial charge in [-0.3, -0.25) is 0 Å². The fraction of sp³-hybridized carbons (Fsp3) is 0.500. The third-order valence-corrected chi connectivity index (χ3v) is 3.08. The number of halogens is 3. The zero-order chi connectivity index (χ0) is 13.6. The molecule has 0 aliphatic rings. The Balaban J connectivity index is 2.41. The molecule has 2 N–H and O–H groups in total. The number of hydrogen-bond acceptors (Lipinski definition) is 3. The molecule has 0 aliphatic carbocycles. The molecule has 1 unspecified atom stereocenters. The lowest BCUT2D eigenvalue weighted by atomic mass is 10.2. The Morgan fingerprint density at radius 1 is 1.28 bits per heavy atom. The van der Waals surface area contributed by atoms with Gasteiger partial charge in [0.25, 0.3) is 0 Å². The van der Waals surface area contributed by atoms with E-state index in [0.717, 1.165) is 5.56 Å². The molecule has 0 bridgehead atoms. The van der Waals surface area contributed by atoms with Crippen molar-refractivity contribution in [1.29, 1.82) is 0 Å². The number of rotatable bonds is 6. The van der Waals surface area contributed by atoms with Gasteiger partial charge in [-0.05, 0) is 35.9 Å². The summed E-state index contributed by atoms with van der Waals surface area (Å²) in [6, 6.07) is 6.20. The minimum Gasteiger partial charge on any atom is -0.392 e. The van der Waals surface area contributed by atoms with Crippen LogP contribution in [0.3, 0.4) is 0 Å². The van der Waals surface area contributed by atoms with Gasteiger partial charge in [-0.2, -0.15) is 13.2 Å². The Kier molecular flexibility index (Phi) is 5.98. The lowest BCUT2D eigenvalue weighted by Gasteiger charge is -2.10. The SMILES string of the molecule is CCC(O)CNCc1ccc(SC(F)(F)F)cc1. The van der Waals surface area contributed by atoms with E-state index in [4.69, 9.17) is 0 Å². The van der Waals surface area contributed by atoms with Crippen LogP contribution in [0.1, 0.15) is 18.9 Å². The van der Waals surface area contributed by atoms with Crippen molar-refractivity contribution in [2.24, 2.45) is 0 Å². The van der Waals surface area contributed by atoms with Gasteiger partial charge in [0.2, 0.25) is 0 Å². The molecule has 1 aromatic carbocycles. The van der Waals surface area contributed by atoms with Crippen LogP contribution >= 0.6 is 11.8 Å². The van der Waals surface area contributed by atoms with Gasteiger partial charge in [-0.25, -0.2) is 0 Å². The third kappa shape index (κ3) is 6.28. The van der Waals surface area contributed by atoms with E-state index in [-0.39, 0.29) is 22.8 Å². The fourth-order valence-corrected chi connectivity index (χ4v) is 1.88. The molecule has 18 heavy (non-hydrogen) atoms. The quantitative estimate of drug-likeness (QED) is 0.785. The van der Waals surface area contributed by atoms with Crippen LogP contribution in [0, 0.1) is 0 Å². The van der Waals surface area contributed by atoms with Crippen LogP contribution in [0.25, 0.3) is 0 Å². The molecule has 0 spiro atoms. The van der Waals surface area contributed by atoms with Crippen LogP contribution in [-0.2, 0) is 6.54 Å². The van der Waals surface area contributed by atoms with Gasteiger partial charge in [0.05, 0.1) is 6.10 Å². The zero-order valence-electron chi connectivity index (χ0n) is 10.00. The van der Waals surface area contributed by atoms with Crippen LogP contribution in [0.15, 0.2) is 29.2 Å². The first-order valence-corrected chi connectivity index (χ1v) is 6.46. The standard InChI is InChI=1S/C12H16F3NOS/c1-2-10(17)8-16-7-9-3-5-11(6-4-9)18-12(13,14)15/h3-6,10,16-17H,2,7-8H2,1H3. The highest BCUT2D eigenvalue weighted by Crippen LogP contribution is 2.36. The molecule has 1 aromatic rings. The van der Waals surface area contributed by atoms with Gasteiger partial charge in [-0.15, -0.1) is 0 Å². The average molecular weight is 279 g/mol. The molecule has 6 heteroatoms. The van der Waals surface area contributed by atoms with Crippen molar-refractivity contribution < 1.29 is 18.3 Å². The minimum atomic E-state index is -4.25. The first-order valence-electron chi connectivity index (χ1n) is 5.64. The molecule has 0 fully saturated rings. The Hall–Kier alpha value is -0.720. The van der Waals surface area contributed by atoms with Crippen molar-refractivity contribution in [2.75, 3.05) is 6.54 Å². The minimum absolute atomic E-state index is 0.119. The number of benzene rings is 1. The predicted octanol–water partition coefficient (Wildman–Crippen LogP) is 3.16. The summed E-state index contributed by atoms with van der Waals surface area (Å²) in [6.07, 6.45) is 0.291. The van der Waals surface area contributed by atoms with E-state index in [1.807, 2.05) is 6.92 Å². The molecule has 0 saturated carbocycles. The van der Waals surface area contributed by atoms with E-state index in [9.17, 15) is 18.3 Å². The van der Waals surface area contributed by atoms with E-state index < -0.39 is 5.51 Å². The van der Waals surface area contributed by atoms with E-state index >= 15 is 0 Å². The van der Waals surface area contributed by atoms with Crippen molar-refractivity contribution in [3.05, 3.63) is 29.8 Å². The lowest BCUT2D eigenvalue weighted by molar-refractivity contribution is -0.0328. The number of thioether (sulfide) groups is 1. The van der Waals surface area contributed by atoms with E-state index in [1.165, 1.54) is 12.1 Å². The predicted molar refractivity (Wildman–Crippen MR) is 66.4 cm³/mol. The van der Waals surface area contributed by atoms with Crippen LogP contribution in [0.4, 0.5) is 13.2 Å². The van der Waals surface area contributed by atoms with Crippen molar-refractivity contribution in [3.8, 4) is 0 Å². The molecule has 1 atom stereocenters. The van der Waals surface area contributed by atoms with Gasteiger partial charge in [-0.1, -0.05) is 19.1 Å². The summed E-state index contributed by atoms with van der Waals surface area (Å²) in [4.78, 5) is 0.180. The molecular formula is C12H16F3NOS. The molecule has 0 aromatic heterocycles. The maximum absolute atomic E-state index is 12.1. The maximum atomic E-state index is 12.1. The fourth-order valence-electron chi connectivity index (χ4n) is 1.34. The maximum Gasteiger partial charge on any atom is 0.446 e. The molecular weight excluding hydrogens is 263 g/mol. The Morgan fingerprint density at radius 3 is 2.39 bits per heavy atom. The number of alkyl halides is 3. The van der Waals surface area contributed by atoms with Gasteiger partial charge < -0.3 is 10.4 Å². The molecule has 0 aliphatic heterocycles. The largest absolute Gasteiger partial charge is 0.446 e. The molecule has 102 valence electrons. The van der Waals surface area contributed by atoms with Crippen LogP contribution in [0.2, 0.25) is 0 Å². The third-order valence-electron chi connectivity index (χ3n) is 2.34. The van der Waals surface area contributed by atoms with Crippen LogP contribution in [0.5, 0.6) is 0 Å². The van der Waals surface area contributed by atoms with Crippen molar-refractivity contribution in [2.45, 2.75) is 36.4 Å². The molecule has 0 amide bonds. The van der Waals surface area contributed by atoms with Crippen LogP contribution in [-0.4, -0.2) is 23.3 Å². The van der Waals surface area contributed by atoms with Gasteiger partial charge in [0, 0.05) is 18.0 Å². The highest BCUT2D eigenvalue weighted by molar-refractivity contribution is 8.00. The molecule has 1 rings (SSSR count). The second-order valence-corrected chi connectivity index (χ2v) is 5.02. The number of aliphatic hydroxyl groups excluding tert-OH is 1. The summed E-state index contributed by atoms with van der Waals surface area (Å²) in [5.41, 5.74) is -3.35. The van der Waals surface area contributed by atoms with Gasteiger partial charge in [0.1, 0.15) is 0 Å². The van der Waals surface area contributed by atoms with Crippen LogP contribution < -0.4 is 5.32 Å². The highest BCUT2D eigenvalue weighted by Gasteiger charge is 2.28. The molecule has 0 heterocycles. The Morgan fingerprint density at radius 2 is 1.89 bits per heavy atom. The first-order chi connectivity index (χ1) is 8.40. The molecule has 0 radical (unpaired) electrons. The summed E-state index contributed by atoms with van der Waals surface area (Å²) in [5, 5.41) is 12.4. The van der Waals surface area contributed by atoms with E-state index in [1.54, 1.807) is 12.1 Å².